The highest BCUT2D eigenvalue weighted by Gasteiger charge is 2.33. The zero-order valence-electron chi connectivity index (χ0n) is 7.73. The normalized spacial score (nSPS) is 28.4. The fraction of sp³-hybridized carbons (Fsp3) is 0.727. The molecule has 0 heterocycles. The molecule has 1 atom stereocenters. The first-order chi connectivity index (χ1) is 5.83. The Morgan fingerprint density at radius 1 is 1.50 bits per heavy atom. The van der Waals surface area contributed by atoms with Gasteiger partial charge < -0.3 is 0 Å². The van der Waals surface area contributed by atoms with Gasteiger partial charge >= 0.3 is 0 Å². The lowest BCUT2D eigenvalue weighted by Crippen LogP contribution is -1.97. The summed E-state index contributed by atoms with van der Waals surface area (Å²) in [6, 6.07) is 0. The molecule has 0 aromatic carbocycles. The maximum Gasteiger partial charge on any atom is 0.159 e. The molecule has 0 aromatic heterocycles. The molecule has 66 valence electrons. The van der Waals surface area contributed by atoms with Crippen molar-refractivity contribution in [3.05, 3.63) is 11.1 Å². The van der Waals surface area contributed by atoms with E-state index in [0.29, 0.717) is 11.7 Å². The second-order valence-corrected chi connectivity index (χ2v) is 3.97. The SMILES string of the molecule is CCCC1=C2CCCC2CC1=O. The first kappa shape index (κ1) is 8.03. The molecule has 0 bridgehead atoms. The van der Waals surface area contributed by atoms with Gasteiger partial charge in [-0.05, 0) is 37.2 Å². The molecule has 0 spiro atoms. The number of ketones is 1. The van der Waals surface area contributed by atoms with E-state index in [1.54, 1.807) is 0 Å². The molecule has 12 heavy (non-hydrogen) atoms. The summed E-state index contributed by atoms with van der Waals surface area (Å²) in [5, 5.41) is 0. The summed E-state index contributed by atoms with van der Waals surface area (Å²) in [4.78, 5) is 11.5. The minimum Gasteiger partial charge on any atom is -0.295 e. The average Bonchev–Trinajstić information content (AvgIpc) is 2.56. The molecule has 1 saturated carbocycles. The van der Waals surface area contributed by atoms with Gasteiger partial charge in [0.25, 0.3) is 0 Å². The second-order valence-electron chi connectivity index (χ2n) is 3.97. The van der Waals surface area contributed by atoms with E-state index in [2.05, 4.69) is 6.92 Å². The summed E-state index contributed by atoms with van der Waals surface area (Å²) >= 11 is 0. The van der Waals surface area contributed by atoms with Crippen LogP contribution in [-0.2, 0) is 4.79 Å². The van der Waals surface area contributed by atoms with E-state index in [0.717, 1.165) is 19.3 Å². The standard InChI is InChI=1S/C11H16O/c1-2-4-10-9-6-3-5-8(9)7-11(10)12/h8H,2-7H2,1H3. The van der Waals surface area contributed by atoms with E-state index < -0.39 is 0 Å². The van der Waals surface area contributed by atoms with Gasteiger partial charge in [-0.15, -0.1) is 0 Å². The lowest BCUT2D eigenvalue weighted by atomic mass is 10.0. The van der Waals surface area contributed by atoms with Crippen LogP contribution in [0.3, 0.4) is 0 Å². The third kappa shape index (κ3) is 1.12. The third-order valence-electron chi connectivity index (χ3n) is 3.15. The molecule has 1 heteroatoms. The number of rotatable bonds is 2. The van der Waals surface area contributed by atoms with Crippen LogP contribution in [0.25, 0.3) is 0 Å². The third-order valence-corrected chi connectivity index (χ3v) is 3.15. The van der Waals surface area contributed by atoms with Crippen LogP contribution >= 0.6 is 0 Å². The van der Waals surface area contributed by atoms with Gasteiger partial charge in [0.2, 0.25) is 0 Å². The molecule has 2 rings (SSSR count). The number of allylic oxidation sites excluding steroid dienone is 2. The van der Waals surface area contributed by atoms with Gasteiger partial charge in [-0.2, -0.15) is 0 Å². The smallest absolute Gasteiger partial charge is 0.159 e. The van der Waals surface area contributed by atoms with Gasteiger partial charge in [0.1, 0.15) is 0 Å². The maximum absolute atomic E-state index is 11.5. The first-order valence-electron chi connectivity index (χ1n) is 5.08. The van der Waals surface area contributed by atoms with Gasteiger partial charge in [-0.1, -0.05) is 18.9 Å². The number of carbonyl (C=O) groups excluding carboxylic acids is 1. The number of fused-ring (bicyclic) bond motifs is 1. The van der Waals surface area contributed by atoms with Crippen LogP contribution < -0.4 is 0 Å². The lowest BCUT2D eigenvalue weighted by molar-refractivity contribution is -0.115. The molecule has 1 nitrogen and oxygen atoms in total. The fourth-order valence-corrected chi connectivity index (χ4v) is 2.62. The van der Waals surface area contributed by atoms with Crippen LogP contribution in [0.5, 0.6) is 0 Å². The van der Waals surface area contributed by atoms with Crippen LogP contribution in [0.4, 0.5) is 0 Å². The zero-order chi connectivity index (χ0) is 8.55. The van der Waals surface area contributed by atoms with Gasteiger partial charge in [0, 0.05) is 6.42 Å². The second kappa shape index (κ2) is 3.04. The minimum atomic E-state index is 0.455. The predicted octanol–water partition coefficient (Wildman–Crippen LogP) is 2.86. The van der Waals surface area contributed by atoms with Crippen molar-refractivity contribution >= 4 is 5.78 Å². The van der Waals surface area contributed by atoms with Crippen LogP contribution in [0, 0.1) is 5.92 Å². The Bertz CT molecular complexity index is 237. The molecular weight excluding hydrogens is 148 g/mol. The largest absolute Gasteiger partial charge is 0.295 e. The Hall–Kier alpha value is -0.590. The highest BCUT2D eigenvalue weighted by molar-refractivity contribution is 5.99. The fourth-order valence-electron chi connectivity index (χ4n) is 2.62. The summed E-state index contributed by atoms with van der Waals surface area (Å²) in [5.74, 6) is 1.12. The van der Waals surface area contributed by atoms with Crippen molar-refractivity contribution in [3.8, 4) is 0 Å². The van der Waals surface area contributed by atoms with E-state index in [1.807, 2.05) is 0 Å². The molecule has 0 amide bonds. The van der Waals surface area contributed by atoms with Gasteiger partial charge in [0.05, 0.1) is 0 Å². The van der Waals surface area contributed by atoms with Crippen molar-refractivity contribution < 1.29 is 4.79 Å². The van der Waals surface area contributed by atoms with Crippen molar-refractivity contribution in [3.63, 3.8) is 0 Å². The highest BCUT2D eigenvalue weighted by Crippen LogP contribution is 2.42. The first-order valence-corrected chi connectivity index (χ1v) is 5.08. The van der Waals surface area contributed by atoms with E-state index in [1.165, 1.54) is 30.4 Å². The van der Waals surface area contributed by atoms with Crippen molar-refractivity contribution in [1.29, 1.82) is 0 Å². The Morgan fingerprint density at radius 2 is 2.33 bits per heavy atom. The molecule has 0 aromatic rings. The molecule has 0 aliphatic heterocycles. The number of hydrogen-bond donors (Lipinski definition) is 0. The van der Waals surface area contributed by atoms with E-state index in [4.69, 9.17) is 0 Å². The van der Waals surface area contributed by atoms with E-state index >= 15 is 0 Å². The topological polar surface area (TPSA) is 17.1 Å². The Balaban J connectivity index is 2.24. The number of carbonyl (C=O) groups is 1. The highest BCUT2D eigenvalue weighted by atomic mass is 16.1. The van der Waals surface area contributed by atoms with E-state index in [9.17, 15) is 4.79 Å². The summed E-state index contributed by atoms with van der Waals surface area (Å²) in [6.07, 6.45) is 6.80. The monoisotopic (exact) mass is 164 g/mol. The Morgan fingerprint density at radius 3 is 3.08 bits per heavy atom. The zero-order valence-corrected chi connectivity index (χ0v) is 7.73. The van der Waals surface area contributed by atoms with Crippen molar-refractivity contribution in [1.82, 2.24) is 0 Å². The summed E-state index contributed by atoms with van der Waals surface area (Å²) < 4.78 is 0. The molecule has 0 saturated heterocycles. The molecule has 2 aliphatic rings. The molecule has 1 unspecified atom stereocenters. The Kier molecular flexibility index (Phi) is 2.03. The van der Waals surface area contributed by atoms with Crippen molar-refractivity contribution in [2.75, 3.05) is 0 Å². The molecule has 0 radical (unpaired) electrons. The molecule has 0 N–H and O–H groups in total. The minimum absolute atomic E-state index is 0.455. The van der Waals surface area contributed by atoms with Gasteiger partial charge in [-0.3, -0.25) is 4.79 Å². The Labute approximate surface area is 73.8 Å². The van der Waals surface area contributed by atoms with Crippen molar-refractivity contribution in [2.24, 2.45) is 5.92 Å². The van der Waals surface area contributed by atoms with E-state index in [-0.39, 0.29) is 0 Å². The average molecular weight is 164 g/mol. The van der Waals surface area contributed by atoms with Crippen LogP contribution in [0.2, 0.25) is 0 Å². The van der Waals surface area contributed by atoms with Crippen LogP contribution in [0.1, 0.15) is 45.4 Å². The summed E-state index contributed by atoms with van der Waals surface area (Å²) in [6.45, 7) is 2.16. The summed E-state index contributed by atoms with van der Waals surface area (Å²) in [5.41, 5.74) is 2.74. The lowest BCUT2D eigenvalue weighted by Gasteiger charge is -2.01. The van der Waals surface area contributed by atoms with Gasteiger partial charge in [-0.25, -0.2) is 0 Å². The van der Waals surface area contributed by atoms with Crippen molar-refractivity contribution in [2.45, 2.75) is 45.4 Å². The summed E-state index contributed by atoms with van der Waals surface area (Å²) in [7, 11) is 0. The quantitative estimate of drug-likeness (QED) is 0.613. The number of Topliss-reactive ketones (excluding diaryl/α,β-unsaturated/α-hetero) is 1. The van der Waals surface area contributed by atoms with Gasteiger partial charge in [0.15, 0.2) is 5.78 Å². The molecule has 2 aliphatic carbocycles. The van der Waals surface area contributed by atoms with Crippen LogP contribution in [-0.4, -0.2) is 5.78 Å². The molecular formula is C11H16O. The predicted molar refractivity (Wildman–Crippen MR) is 48.9 cm³/mol. The molecule has 1 fully saturated rings. The number of hydrogen-bond acceptors (Lipinski definition) is 1. The van der Waals surface area contributed by atoms with Crippen LogP contribution in [0.15, 0.2) is 11.1 Å². The maximum atomic E-state index is 11.5.